The highest BCUT2D eigenvalue weighted by molar-refractivity contribution is 8.15. The lowest BCUT2D eigenvalue weighted by Gasteiger charge is -2.19. The Labute approximate surface area is 265 Å². The van der Waals surface area contributed by atoms with E-state index in [1.54, 1.807) is 18.2 Å². The molecule has 3 atom stereocenters. The molecule has 3 rings (SSSR count). The Morgan fingerprint density at radius 2 is 1.91 bits per heavy atom. The van der Waals surface area contributed by atoms with Crippen molar-refractivity contribution in [3.8, 4) is 0 Å². The Morgan fingerprint density at radius 1 is 1.11 bits per heavy atom. The van der Waals surface area contributed by atoms with Gasteiger partial charge < -0.3 is 42.7 Å². The maximum absolute atomic E-state index is 13.0. The van der Waals surface area contributed by atoms with Gasteiger partial charge in [0.25, 0.3) is 0 Å². The monoisotopic (exact) mass is 649 g/mol. The van der Waals surface area contributed by atoms with Crippen LogP contribution < -0.4 is 32.7 Å². The SMILES string of the molecule is CN(C)CCCCC(NC(=O)CNCC(N)CCCN)C(=O)NCC(=O)Nc1ccc2nc(C3=NC(C(=O)O)CS3)sc2c1. The molecule has 3 amide bonds. The Bertz CT molecular complexity index is 1320. The number of nitrogens with two attached hydrogens (primary N) is 2. The van der Waals surface area contributed by atoms with Gasteiger partial charge in [-0.3, -0.25) is 19.4 Å². The lowest BCUT2D eigenvalue weighted by molar-refractivity contribution is -0.137. The minimum Gasteiger partial charge on any atom is -0.480 e. The summed E-state index contributed by atoms with van der Waals surface area (Å²) in [7, 11) is 3.94. The summed E-state index contributed by atoms with van der Waals surface area (Å²) in [6.07, 6.45) is 3.58. The number of nitrogens with zero attached hydrogens (tertiary/aromatic N) is 3. The van der Waals surface area contributed by atoms with Crippen molar-refractivity contribution in [3.05, 3.63) is 23.2 Å². The predicted molar refractivity (Wildman–Crippen MR) is 175 cm³/mol. The number of benzene rings is 1. The average Bonchev–Trinajstić information content (AvgIpc) is 3.64. The first-order chi connectivity index (χ1) is 21.0. The number of thioether (sulfide) groups is 1. The van der Waals surface area contributed by atoms with Crippen molar-refractivity contribution in [2.24, 2.45) is 16.5 Å². The molecule has 1 aliphatic rings. The first-order valence-electron chi connectivity index (χ1n) is 14.6. The van der Waals surface area contributed by atoms with Crippen LogP contribution in [-0.2, 0) is 19.2 Å². The van der Waals surface area contributed by atoms with Crippen LogP contribution in [0, 0.1) is 0 Å². The number of nitrogens with one attached hydrogen (secondary N) is 4. The van der Waals surface area contributed by atoms with Crippen molar-refractivity contribution in [1.82, 2.24) is 25.8 Å². The molecule has 0 saturated heterocycles. The number of fused-ring (bicyclic) bond motifs is 1. The van der Waals surface area contributed by atoms with E-state index in [1.807, 2.05) is 14.1 Å². The third-order valence-corrected chi connectivity index (χ3v) is 8.89. The number of carbonyl (C=O) groups is 4. The smallest absolute Gasteiger partial charge is 0.329 e. The molecule has 9 N–H and O–H groups in total. The van der Waals surface area contributed by atoms with Crippen LogP contribution in [-0.4, -0.2) is 114 Å². The van der Waals surface area contributed by atoms with E-state index in [1.165, 1.54) is 23.1 Å². The highest BCUT2D eigenvalue weighted by Gasteiger charge is 2.27. The number of carboxylic acids is 1. The highest BCUT2D eigenvalue weighted by Crippen LogP contribution is 2.31. The number of hydrogen-bond acceptors (Lipinski definition) is 12. The summed E-state index contributed by atoms with van der Waals surface area (Å²) in [5.41, 5.74) is 12.8. The van der Waals surface area contributed by atoms with E-state index in [-0.39, 0.29) is 25.0 Å². The van der Waals surface area contributed by atoms with Crippen molar-refractivity contribution in [1.29, 1.82) is 0 Å². The van der Waals surface area contributed by atoms with Crippen molar-refractivity contribution in [2.45, 2.75) is 50.2 Å². The summed E-state index contributed by atoms with van der Waals surface area (Å²) < 4.78 is 0.804. The molecular formula is C28H43N9O5S2. The number of aliphatic carboxylic acids is 1. The van der Waals surface area contributed by atoms with Crippen LogP contribution in [0.15, 0.2) is 23.2 Å². The topological polar surface area (TPSA) is 217 Å². The number of carboxylic acid groups (broad SMARTS) is 1. The Hall–Kier alpha value is -3.15. The van der Waals surface area contributed by atoms with Gasteiger partial charge in [-0.15, -0.1) is 23.1 Å². The molecule has 3 unspecified atom stereocenters. The zero-order chi connectivity index (χ0) is 32.1. The highest BCUT2D eigenvalue weighted by atomic mass is 32.2. The Morgan fingerprint density at radius 3 is 2.61 bits per heavy atom. The number of amides is 3. The van der Waals surface area contributed by atoms with E-state index >= 15 is 0 Å². The second kappa shape index (κ2) is 18.0. The first kappa shape index (κ1) is 35.3. The zero-order valence-corrected chi connectivity index (χ0v) is 26.8. The lowest BCUT2D eigenvalue weighted by atomic mass is 10.1. The van der Waals surface area contributed by atoms with Gasteiger partial charge in [0.1, 0.15) is 16.1 Å². The second-order valence-electron chi connectivity index (χ2n) is 10.8. The van der Waals surface area contributed by atoms with Gasteiger partial charge in [-0.05, 0) is 77.5 Å². The average molecular weight is 650 g/mol. The molecule has 0 fully saturated rings. The van der Waals surface area contributed by atoms with E-state index in [0.29, 0.717) is 46.5 Å². The number of thiazole rings is 1. The molecule has 0 spiro atoms. The number of hydrogen-bond donors (Lipinski definition) is 7. The third kappa shape index (κ3) is 11.7. The third-order valence-electron chi connectivity index (χ3n) is 6.69. The van der Waals surface area contributed by atoms with Crippen molar-refractivity contribution < 1.29 is 24.3 Å². The summed E-state index contributed by atoms with van der Waals surface area (Å²) in [5.74, 6) is -1.78. The molecule has 0 bridgehead atoms. The maximum atomic E-state index is 13.0. The van der Waals surface area contributed by atoms with E-state index in [9.17, 15) is 24.3 Å². The summed E-state index contributed by atoms with van der Waals surface area (Å²) >= 11 is 2.72. The van der Waals surface area contributed by atoms with Gasteiger partial charge in [-0.1, -0.05) is 0 Å². The van der Waals surface area contributed by atoms with Gasteiger partial charge in [0, 0.05) is 24.0 Å². The molecule has 0 saturated carbocycles. The van der Waals surface area contributed by atoms with Gasteiger partial charge in [0.2, 0.25) is 17.7 Å². The second-order valence-corrected chi connectivity index (χ2v) is 12.8. The lowest BCUT2D eigenvalue weighted by Crippen LogP contribution is -2.50. The zero-order valence-electron chi connectivity index (χ0n) is 25.1. The fraction of sp³-hybridized carbons (Fsp3) is 0.571. The normalized spacial score (nSPS) is 16.0. The van der Waals surface area contributed by atoms with E-state index in [2.05, 4.69) is 36.1 Å². The largest absolute Gasteiger partial charge is 0.480 e. The molecule has 2 aromatic rings. The fourth-order valence-electron chi connectivity index (χ4n) is 4.35. The van der Waals surface area contributed by atoms with E-state index in [0.717, 1.165) is 36.9 Å². The van der Waals surface area contributed by atoms with Crippen LogP contribution in [0.1, 0.15) is 37.1 Å². The molecule has 1 aromatic heterocycles. The van der Waals surface area contributed by atoms with Gasteiger partial charge >= 0.3 is 5.97 Å². The predicted octanol–water partition coefficient (Wildman–Crippen LogP) is 0.170. The molecule has 14 nitrogen and oxygen atoms in total. The van der Waals surface area contributed by atoms with Crippen molar-refractivity contribution in [3.63, 3.8) is 0 Å². The molecular weight excluding hydrogens is 607 g/mol. The van der Waals surface area contributed by atoms with Crippen LogP contribution in [0.25, 0.3) is 10.2 Å². The summed E-state index contributed by atoms with van der Waals surface area (Å²) in [4.78, 5) is 60.3. The summed E-state index contributed by atoms with van der Waals surface area (Å²) in [6.45, 7) is 1.63. The van der Waals surface area contributed by atoms with Gasteiger partial charge in [0.05, 0.1) is 23.3 Å². The van der Waals surface area contributed by atoms with Crippen LogP contribution in [0.4, 0.5) is 5.69 Å². The fourth-order valence-corrected chi connectivity index (χ4v) is 6.45. The van der Waals surface area contributed by atoms with Gasteiger partial charge in [0.15, 0.2) is 6.04 Å². The van der Waals surface area contributed by atoms with E-state index in [4.69, 9.17) is 11.5 Å². The Kier molecular flexibility index (Phi) is 14.4. The van der Waals surface area contributed by atoms with Crippen LogP contribution >= 0.6 is 23.1 Å². The molecule has 44 heavy (non-hydrogen) atoms. The van der Waals surface area contributed by atoms with Crippen LogP contribution in [0.5, 0.6) is 0 Å². The minimum atomic E-state index is -0.962. The molecule has 1 aromatic carbocycles. The number of carbonyl (C=O) groups excluding carboxylic acids is 3. The van der Waals surface area contributed by atoms with Crippen LogP contribution in [0.2, 0.25) is 0 Å². The van der Waals surface area contributed by atoms with Crippen molar-refractivity contribution >= 4 is 67.7 Å². The van der Waals surface area contributed by atoms with E-state index < -0.39 is 29.9 Å². The van der Waals surface area contributed by atoms with Crippen molar-refractivity contribution in [2.75, 3.05) is 57.9 Å². The number of aliphatic imine (C=N–C) groups is 1. The number of unbranched alkanes of at least 4 members (excludes halogenated alkanes) is 1. The number of rotatable bonds is 19. The standard InChI is InChI=1S/C28H43N9O5S2/c1-37(2)11-4-3-7-20(34-23(38)14-31-13-17(30)6-5-10-29)25(40)32-15-24(39)33-18-8-9-19-22(12-18)44-27(35-19)26-36-21(16-43-26)28(41)42/h8-9,12,17,20-21,31H,3-7,10-11,13-16,29-30H2,1-2H3,(H,32,40)(H,33,39)(H,34,38)(H,41,42). The molecule has 0 aliphatic carbocycles. The quantitative estimate of drug-likeness (QED) is 0.102. The molecule has 16 heteroatoms. The molecule has 1 aliphatic heterocycles. The maximum Gasteiger partial charge on any atom is 0.329 e. The first-order valence-corrected chi connectivity index (χ1v) is 16.4. The summed E-state index contributed by atoms with van der Waals surface area (Å²) in [6, 6.07) is 3.57. The minimum absolute atomic E-state index is 0.0201. The Balaban J connectivity index is 1.52. The number of aromatic nitrogens is 1. The van der Waals surface area contributed by atoms with Gasteiger partial charge in [-0.2, -0.15) is 0 Å². The summed E-state index contributed by atoms with van der Waals surface area (Å²) in [5, 5.41) is 21.6. The van der Waals surface area contributed by atoms with Crippen LogP contribution in [0.3, 0.4) is 0 Å². The van der Waals surface area contributed by atoms with Gasteiger partial charge in [-0.25, -0.2) is 9.78 Å². The molecule has 0 radical (unpaired) electrons. The molecule has 2 heterocycles. The molecule has 242 valence electrons. The number of anilines is 1.